The second kappa shape index (κ2) is 5.21. The third-order valence-electron chi connectivity index (χ3n) is 2.18. The third-order valence-corrected chi connectivity index (χ3v) is 3.23. The van der Waals surface area contributed by atoms with E-state index >= 15 is 0 Å². The molecule has 0 aromatic heterocycles. The van der Waals surface area contributed by atoms with Crippen LogP contribution in [0.2, 0.25) is 0 Å². The number of hydrogen-bond acceptors (Lipinski definition) is 3. The molecule has 82 valence electrons. The predicted octanol–water partition coefficient (Wildman–Crippen LogP) is 3.20. The zero-order valence-electron chi connectivity index (χ0n) is 9.59. The van der Waals surface area contributed by atoms with Crippen molar-refractivity contribution in [1.29, 1.82) is 0 Å². The summed E-state index contributed by atoms with van der Waals surface area (Å²) in [4.78, 5) is 12.8. The van der Waals surface area contributed by atoms with Gasteiger partial charge < -0.3 is 4.74 Å². The van der Waals surface area contributed by atoms with Gasteiger partial charge in [0.25, 0.3) is 0 Å². The summed E-state index contributed by atoms with van der Waals surface area (Å²) < 4.78 is 4.97. The maximum absolute atomic E-state index is 11.5. The molecule has 0 spiro atoms. The van der Waals surface area contributed by atoms with Gasteiger partial charge in [0, 0.05) is 4.90 Å². The van der Waals surface area contributed by atoms with E-state index in [9.17, 15) is 4.79 Å². The molecule has 0 amide bonds. The highest BCUT2D eigenvalue weighted by Crippen LogP contribution is 2.25. The van der Waals surface area contributed by atoms with E-state index in [2.05, 4.69) is 0 Å². The fourth-order valence-electron chi connectivity index (χ4n) is 1.60. The van der Waals surface area contributed by atoms with E-state index < -0.39 is 0 Å². The normalized spacial score (nSPS) is 10.1. The Hall–Kier alpha value is -0.960. The van der Waals surface area contributed by atoms with Gasteiger partial charge in [-0.2, -0.15) is 0 Å². The summed E-state index contributed by atoms with van der Waals surface area (Å²) in [6.45, 7) is 6.26. The minimum absolute atomic E-state index is 0.239. The lowest BCUT2D eigenvalue weighted by atomic mass is 10.1. The molecule has 0 aliphatic carbocycles. The average Bonchev–Trinajstić information content (AvgIpc) is 2.17. The molecule has 3 heteroatoms. The van der Waals surface area contributed by atoms with Crippen LogP contribution in [0.25, 0.3) is 0 Å². The molecule has 0 heterocycles. The van der Waals surface area contributed by atoms with Crippen LogP contribution < -0.4 is 0 Å². The molecule has 0 saturated carbocycles. The van der Waals surface area contributed by atoms with Crippen molar-refractivity contribution in [3.8, 4) is 0 Å². The smallest absolute Gasteiger partial charge is 0.338 e. The van der Waals surface area contributed by atoms with Gasteiger partial charge in [0.2, 0.25) is 0 Å². The van der Waals surface area contributed by atoms with Crippen molar-refractivity contribution in [2.24, 2.45) is 0 Å². The van der Waals surface area contributed by atoms with Crippen LogP contribution in [0, 0.1) is 13.8 Å². The lowest BCUT2D eigenvalue weighted by Crippen LogP contribution is -2.05. The number of benzene rings is 1. The van der Waals surface area contributed by atoms with Crippen molar-refractivity contribution in [1.82, 2.24) is 0 Å². The fraction of sp³-hybridized carbons (Fsp3) is 0.417. The SMILES string of the molecule is CCOC(=O)c1cc(C)c(SC)c(C)c1. The standard InChI is InChI=1S/C12H16O2S/c1-5-14-12(13)10-6-8(2)11(15-4)9(3)7-10/h6-7H,5H2,1-4H3. The maximum Gasteiger partial charge on any atom is 0.338 e. The van der Waals surface area contributed by atoms with Crippen LogP contribution >= 0.6 is 11.8 Å². The second-order valence-corrected chi connectivity index (χ2v) is 4.18. The minimum Gasteiger partial charge on any atom is -0.462 e. The number of carbonyl (C=O) groups is 1. The molecule has 0 atom stereocenters. The molecule has 0 N–H and O–H groups in total. The van der Waals surface area contributed by atoms with Crippen LogP contribution in [0.1, 0.15) is 28.4 Å². The van der Waals surface area contributed by atoms with Crippen LogP contribution in [0.4, 0.5) is 0 Å². The zero-order valence-corrected chi connectivity index (χ0v) is 10.4. The lowest BCUT2D eigenvalue weighted by Gasteiger charge is -2.09. The van der Waals surface area contributed by atoms with Crippen LogP contribution in [0.15, 0.2) is 17.0 Å². The minimum atomic E-state index is -0.239. The van der Waals surface area contributed by atoms with Crippen molar-refractivity contribution in [3.63, 3.8) is 0 Å². The average molecular weight is 224 g/mol. The quantitative estimate of drug-likeness (QED) is 0.582. The molecule has 1 aromatic rings. The Kier molecular flexibility index (Phi) is 4.21. The Morgan fingerprint density at radius 3 is 2.27 bits per heavy atom. The lowest BCUT2D eigenvalue weighted by molar-refractivity contribution is 0.0526. The first-order valence-electron chi connectivity index (χ1n) is 4.92. The molecule has 0 unspecified atom stereocenters. The van der Waals surface area contributed by atoms with Crippen molar-refractivity contribution < 1.29 is 9.53 Å². The first-order valence-corrected chi connectivity index (χ1v) is 6.15. The number of ether oxygens (including phenoxy) is 1. The number of thioether (sulfide) groups is 1. The summed E-state index contributed by atoms with van der Waals surface area (Å²) in [5.41, 5.74) is 2.90. The number of carbonyl (C=O) groups excluding carboxylic acids is 1. The number of rotatable bonds is 3. The molecular weight excluding hydrogens is 208 g/mol. The van der Waals surface area contributed by atoms with E-state index in [4.69, 9.17) is 4.74 Å². The summed E-state index contributed by atoms with van der Waals surface area (Å²) >= 11 is 1.70. The predicted molar refractivity (Wildman–Crippen MR) is 63.7 cm³/mol. The Balaban J connectivity index is 3.08. The van der Waals surface area contributed by atoms with Gasteiger partial charge in [0.1, 0.15) is 0 Å². The molecule has 0 bridgehead atoms. The van der Waals surface area contributed by atoms with Crippen LogP contribution in [-0.4, -0.2) is 18.8 Å². The first kappa shape index (κ1) is 12.1. The summed E-state index contributed by atoms with van der Waals surface area (Å²) in [7, 11) is 0. The molecule has 0 fully saturated rings. The Morgan fingerprint density at radius 2 is 1.87 bits per heavy atom. The Bertz CT molecular complexity index is 349. The highest BCUT2D eigenvalue weighted by atomic mass is 32.2. The highest BCUT2D eigenvalue weighted by Gasteiger charge is 2.10. The second-order valence-electron chi connectivity index (χ2n) is 3.36. The van der Waals surface area contributed by atoms with Crippen LogP contribution in [-0.2, 0) is 4.74 Å². The summed E-state index contributed by atoms with van der Waals surface area (Å²) in [5.74, 6) is -0.239. The maximum atomic E-state index is 11.5. The molecule has 1 rings (SSSR count). The van der Waals surface area contributed by atoms with Gasteiger partial charge in [-0.25, -0.2) is 4.79 Å². The van der Waals surface area contributed by atoms with Crippen molar-refractivity contribution >= 4 is 17.7 Å². The number of hydrogen-bond donors (Lipinski definition) is 0. The monoisotopic (exact) mass is 224 g/mol. The molecule has 0 aliphatic rings. The van der Waals surface area contributed by atoms with E-state index in [1.807, 2.05) is 39.2 Å². The van der Waals surface area contributed by atoms with Crippen molar-refractivity contribution in [2.75, 3.05) is 12.9 Å². The van der Waals surface area contributed by atoms with Crippen molar-refractivity contribution in [2.45, 2.75) is 25.7 Å². The third kappa shape index (κ3) is 2.75. The topological polar surface area (TPSA) is 26.3 Å². The zero-order chi connectivity index (χ0) is 11.4. The largest absolute Gasteiger partial charge is 0.462 e. The molecule has 15 heavy (non-hydrogen) atoms. The summed E-state index contributed by atoms with van der Waals surface area (Å²) in [5, 5.41) is 0. The molecule has 1 aromatic carbocycles. The highest BCUT2D eigenvalue weighted by molar-refractivity contribution is 7.98. The van der Waals surface area contributed by atoms with E-state index in [0.29, 0.717) is 12.2 Å². The van der Waals surface area contributed by atoms with E-state index in [1.165, 1.54) is 4.90 Å². The Morgan fingerprint density at radius 1 is 1.33 bits per heavy atom. The number of esters is 1. The van der Waals surface area contributed by atoms with E-state index in [1.54, 1.807) is 11.8 Å². The van der Waals surface area contributed by atoms with Crippen LogP contribution in [0.3, 0.4) is 0 Å². The summed E-state index contributed by atoms with van der Waals surface area (Å²) in [6.07, 6.45) is 2.04. The van der Waals surface area contributed by atoms with Crippen LogP contribution in [0.5, 0.6) is 0 Å². The van der Waals surface area contributed by atoms with Gasteiger partial charge in [-0.3, -0.25) is 0 Å². The van der Waals surface area contributed by atoms with Gasteiger partial charge in [-0.05, 0) is 50.3 Å². The summed E-state index contributed by atoms with van der Waals surface area (Å²) in [6, 6.07) is 3.77. The Labute approximate surface area is 95.0 Å². The molecule has 2 nitrogen and oxygen atoms in total. The molecule has 0 saturated heterocycles. The molecular formula is C12H16O2S. The van der Waals surface area contributed by atoms with Gasteiger partial charge in [-0.15, -0.1) is 11.8 Å². The van der Waals surface area contributed by atoms with Gasteiger partial charge in [-0.1, -0.05) is 0 Å². The van der Waals surface area contributed by atoms with Gasteiger partial charge in [0.05, 0.1) is 12.2 Å². The number of aryl methyl sites for hydroxylation is 2. The van der Waals surface area contributed by atoms with Crippen molar-refractivity contribution in [3.05, 3.63) is 28.8 Å². The van der Waals surface area contributed by atoms with Gasteiger partial charge in [0.15, 0.2) is 0 Å². The van der Waals surface area contributed by atoms with E-state index in [0.717, 1.165) is 11.1 Å². The first-order chi connectivity index (χ1) is 7.10. The molecule has 0 radical (unpaired) electrons. The fourth-order valence-corrected chi connectivity index (χ4v) is 2.37. The van der Waals surface area contributed by atoms with E-state index in [-0.39, 0.29) is 5.97 Å². The molecule has 0 aliphatic heterocycles. The van der Waals surface area contributed by atoms with Gasteiger partial charge >= 0.3 is 5.97 Å².